The van der Waals surface area contributed by atoms with Crippen molar-refractivity contribution in [1.82, 2.24) is 0 Å². The van der Waals surface area contributed by atoms with Gasteiger partial charge in [0.2, 0.25) is 0 Å². The quantitative estimate of drug-likeness (QED) is 0.727. The minimum Gasteiger partial charge on any atom is -0.481 e. The second kappa shape index (κ2) is 6.14. The van der Waals surface area contributed by atoms with Crippen LogP contribution in [0.1, 0.15) is 60.3 Å². The van der Waals surface area contributed by atoms with E-state index in [1.54, 1.807) is 0 Å². The van der Waals surface area contributed by atoms with Crippen molar-refractivity contribution in [3.05, 3.63) is 0 Å². The van der Waals surface area contributed by atoms with Crippen molar-refractivity contribution < 1.29 is 9.90 Å². The summed E-state index contributed by atoms with van der Waals surface area (Å²) in [4.78, 5) is 11.2. The molecule has 0 bridgehead atoms. The summed E-state index contributed by atoms with van der Waals surface area (Å²) in [7, 11) is 0. The van der Waals surface area contributed by atoms with Gasteiger partial charge in [0.15, 0.2) is 0 Å². The van der Waals surface area contributed by atoms with E-state index in [4.69, 9.17) is 0 Å². The van der Waals surface area contributed by atoms with E-state index in [1.165, 1.54) is 12.8 Å². The lowest BCUT2D eigenvalue weighted by Crippen LogP contribution is -2.30. The van der Waals surface area contributed by atoms with Gasteiger partial charge in [0, 0.05) is 0 Å². The lowest BCUT2D eigenvalue weighted by atomic mass is 9.75. The van der Waals surface area contributed by atoms with Crippen molar-refractivity contribution >= 4 is 5.97 Å². The van der Waals surface area contributed by atoms with Gasteiger partial charge >= 0.3 is 5.97 Å². The zero-order chi connectivity index (χ0) is 12.1. The maximum atomic E-state index is 11.2. The molecule has 0 fully saturated rings. The van der Waals surface area contributed by atoms with Crippen molar-refractivity contribution in [1.29, 1.82) is 0 Å². The fourth-order valence-electron chi connectivity index (χ4n) is 1.90. The molecule has 0 spiro atoms. The fourth-order valence-corrected chi connectivity index (χ4v) is 1.90. The summed E-state index contributed by atoms with van der Waals surface area (Å²) in [6, 6.07) is 0. The molecular weight excluding hydrogens is 188 g/mol. The predicted octanol–water partition coefficient (Wildman–Crippen LogP) is 3.95. The molecule has 0 amide bonds. The first-order chi connectivity index (χ1) is 6.79. The van der Waals surface area contributed by atoms with Crippen LogP contribution in [-0.4, -0.2) is 11.1 Å². The summed E-state index contributed by atoms with van der Waals surface area (Å²) in [5, 5.41) is 9.18. The molecule has 0 radical (unpaired) electrons. The van der Waals surface area contributed by atoms with Gasteiger partial charge in [-0.15, -0.1) is 0 Å². The topological polar surface area (TPSA) is 37.3 Å². The zero-order valence-electron chi connectivity index (χ0n) is 10.8. The van der Waals surface area contributed by atoms with Gasteiger partial charge in [-0.05, 0) is 17.8 Å². The van der Waals surface area contributed by atoms with Crippen molar-refractivity contribution in [2.24, 2.45) is 17.3 Å². The Morgan fingerprint density at radius 1 is 1.33 bits per heavy atom. The number of unbranched alkanes of at least 4 members (excludes halogenated alkanes) is 1. The summed E-state index contributed by atoms with van der Waals surface area (Å²) >= 11 is 0. The first kappa shape index (κ1) is 14.5. The maximum Gasteiger partial charge on any atom is 0.307 e. The molecule has 0 aliphatic carbocycles. The van der Waals surface area contributed by atoms with Crippen molar-refractivity contribution in [2.45, 2.75) is 60.3 Å². The molecule has 2 unspecified atom stereocenters. The first-order valence-electron chi connectivity index (χ1n) is 6.01. The molecule has 0 aliphatic rings. The molecule has 0 rings (SSSR count). The minimum atomic E-state index is -0.647. The van der Waals surface area contributed by atoms with Gasteiger partial charge in [0.05, 0.1) is 5.92 Å². The van der Waals surface area contributed by atoms with Crippen LogP contribution in [0.3, 0.4) is 0 Å². The Labute approximate surface area is 94.1 Å². The van der Waals surface area contributed by atoms with Crippen molar-refractivity contribution in [3.63, 3.8) is 0 Å². The molecule has 15 heavy (non-hydrogen) atoms. The highest BCUT2D eigenvalue weighted by Gasteiger charge is 2.31. The SMILES string of the molecule is CCCCC(C)CC(C(=O)O)C(C)(C)C. The van der Waals surface area contributed by atoms with Crippen LogP contribution in [0.15, 0.2) is 0 Å². The second-order valence-corrected chi connectivity index (χ2v) is 5.74. The maximum absolute atomic E-state index is 11.2. The van der Waals surface area contributed by atoms with E-state index in [0.717, 1.165) is 12.8 Å². The Kier molecular flexibility index (Phi) is 5.92. The smallest absolute Gasteiger partial charge is 0.307 e. The van der Waals surface area contributed by atoms with E-state index in [9.17, 15) is 9.90 Å². The lowest BCUT2D eigenvalue weighted by Gasteiger charge is -2.29. The highest BCUT2D eigenvalue weighted by molar-refractivity contribution is 5.70. The fraction of sp³-hybridized carbons (Fsp3) is 0.923. The van der Waals surface area contributed by atoms with Crippen LogP contribution in [0.25, 0.3) is 0 Å². The Bertz CT molecular complexity index is 191. The molecule has 0 heterocycles. The molecule has 1 N–H and O–H groups in total. The summed E-state index contributed by atoms with van der Waals surface area (Å²) in [6.07, 6.45) is 4.35. The van der Waals surface area contributed by atoms with Gasteiger partial charge in [0.1, 0.15) is 0 Å². The van der Waals surface area contributed by atoms with Gasteiger partial charge in [-0.3, -0.25) is 4.79 Å². The number of carboxylic acid groups (broad SMARTS) is 1. The van der Waals surface area contributed by atoms with Crippen molar-refractivity contribution in [3.8, 4) is 0 Å². The molecule has 2 nitrogen and oxygen atoms in total. The molecule has 0 aromatic heterocycles. The summed E-state index contributed by atoms with van der Waals surface area (Å²) in [6.45, 7) is 10.4. The van der Waals surface area contributed by atoms with E-state index in [2.05, 4.69) is 13.8 Å². The highest BCUT2D eigenvalue weighted by Crippen LogP contribution is 2.32. The van der Waals surface area contributed by atoms with Gasteiger partial charge < -0.3 is 5.11 Å². The van der Waals surface area contributed by atoms with E-state index in [1.807, 2.05) is 20.8 Å². The largest absolute Gasteiger partial charge is 0.481 e. The van der Waals surface area contributed by atoms with Gasteiger partial charge in [0.25, 0.3) is 0 Å². The van der Waals surface area contributed by atoms with Crippen LogP contribution in [0, 0.1) is 17.3 Å². The third-order valence-corrected chi connectivity index (χ3v) is 3.03. The molecule has 0 aromatic carbocycles. The van der Waals surface area contributed by atoms with Gasteiger partial charge in [-0.25, -0.2) is 0 Å². The number of rotatable bonds is 6. The number of aliphatic carboxylic acids is 1. The van der Waals surface area contributed by atoms with Crippen LogP contribution >= 0.6 is 0 Å². The van der Waals surface area contributed by atoms with Crippen LogP contribution < -0.4 is 0 Å². The Balaban J connectivity index is 4.24. The number of carbonyl (C=O) groups is 1. The lowest BCUT2D eigenvalue weighted by molar-refractivity contribution is -0.146. The standard InChI is InChI=1S/C13H26O2/c1-6-7-8-10(2)9-11(12(14)15)13(3,4)5/h10-11H,6-9H2,1-5H3,(H,14,15). The van der Waals surface area contributed by atoms with Gasteiger partial charge in [-0.2, -0.15) is 0 Å². The third-order valence-electron chi connectivity index (χ3n) is 3.03. The predicted molar refractivity (Wildman–Crippen MR) is 63.9 cm³/mol. The number of carboxylic acids is 1. The molecule has 0 saturated carbocycles. The second-order valence-electron chi connectivity index (χ2n) is 5.74. The van der Waals surface area contributed by atoms with Crippen LogP contribution in [0.4, 0.5) is 0 Å². The molecule has 2 heteroatoms. The van der Waals surface area contributed by atoms with Gasteiger partial charge in [-0.1, -0.05) is 53.9 Å². The van der Waals surface area contributed by atoms with E-state index in [0.29, 0.717) is 5.92 Å². The van der Waals surface area contributed by atoms with Crippen LogP contribution in [-0.2, 0) is 4.79 Å². The average Bonchev–Trinajstić information content (AvgIpc) is 2.08. The van der Waals surface area contributed by atoms with Crippen molar-refractivity contribution in [2.75, 3.05) is 0 Å². The third kappa shape index (κ3) is 5.81. The normalized spacial score (nSPS) is 16.1. The highest BCUT2D eigenvalue weighted by atomic mass is 16.4. The molecule has 0 aromatic rings. The minimum absolute atomic E-state index is 0.133. The molecule has 0 aliphatic heterocycles. The first-order valence-corrected chi connectivity index (χ1v) is 6.01. The molecule has 0 saturated heterocycles. The van der Waals surface area contributed by atoms with Crippen LogP contribution in [0.5, 0.6) is 0 Å². The molecule has 2 atom stereocenters. The van der Waals surface area contributed by atoms with E-state index < -0.39 is 5.97 Å². The Morgan fingerprint density at radius 2 is 1.87 bits per heavy atom. The number of hydrogen-bond donors (Lipinski definition) is 1. The zero-order valence-corrected chi connectivity index (χ0v) is 10.8. The Morgan fingerprint density at radius 3 is 2.20 bits per heavy atom. The summed E-state index contributed by atoms with van der Waals surface area (Å²) in [5.74, 6) is -0.347. The van der Waals surface area contributed by atoms with E-state index in [-0.39, 0.29) is 11.3 Å². The Hall–Kier alpha value is -0.530. The van der Waals surface area contributed by atoms with Crippen LogP contribution in [0.2, 0.25) is 0 Å². The summed E-state index contributed by atoms with van der Waals surface area (Å²) < 4.78 is 0. The monoisotopic (exact) mass is 214 g/mol. The summed E-state index contributed by atoms with van der Waals surface area (Å²) in [5.41, 5.74) is -0.133. The number of hydrogen-bond acceptors (Lipinski definition) is 1. The van der Waals surface area contributed by atoms with E-state index >= 15 is 0 Å². The molecular formula is C13H26O2. The molecule has 90 valence electrons. The average molecular weight is 214 g/mol.